The van der Waals surface area contributed by atoms with E-state index in [4.69, 9.17) is 12.2 Å². The van der Waals surface area contributed by atoms with Gasteiger partial charge in [0.25, 0.3) is 0 Å². The van der Waals surface area contributed by atoms with Crippen molar-refractivity contribution in [1.82, 2.24) is 9.97 Å². The minimum absolute atomic E-state index is 0.548. The molecule has 94 valence electrons. The van der Waals surface area contributed by atoms with Crippen LogP contribution in [0.3, 0.4) is 0 Å². The first-order valence-corrected chi connectivity index (χ1v) is 6.99. The zero-order valence-corrected chi connectivity index (χ0v) is 11.1. The quantitative estimate of drug-likeness (QED) is 0.800. The van der Waals surface area contributed by atoms with E-state index >= 15 is 0 Å². The van der Waals surface area contributed by atoms with E-state index in [1.165, 1.54) is 32.1 Å². The molecule has 1 fully saturated rings. The molecule has 0 saturated heterocycles. The fourth-order valence-electron chi connectivity index (χ4n) is 2.65. The van der Waals surface area contributed by atoms with Gasteiger partial charge >= 0.3 is 0 Å². The average Bonchev–Trinajstić information content (AvgIpc) is 2.40. The second kappa shape index (κ2) is 5.06. The molecule has 3 rings (SSSR count). The zero-order valence-electron chi connectivity index (χ0n) is 10.3. The van der Waals surface area contributed by atoms with E-state index in [2.05, 4.69) is 21.4 Å². The molecule has 0 unspecified atom stereocenters. The summed E-state index contributed by atoms with van der Waals surface area (Å²) < 4.78 is 0.548. The number of anilines is 1. The maximum atomic E-state index is 5.19. The van der Waals surface area contributed by atoms with Gasteiger partial charge in [0.05, 0.1) is 5.52 Å². The molecule has 0 amide bonds. The van der Waals surface area contributed by atoms with Gasteiger partial charge in [-0.2, -0.15) is 0 Å². The first kappa shape index (κ1) is 11.7. The molecule has 1 heterocycles. The number of para-hydroxylation sites is 1. The average molecular weight is 259 g/mol. The Bertz CT molecular complexity index is 599. The van der Waals surface area contributed by atoms with Gasteiger partial charge in [0.1, 0.15) is 5.82 Å². The number of hydrogen-bond donors (Lipinski definition) is 2. The van der Waals surface area contributed by atoms with Crippen molar-refractivity contribution in [2.24, 2.45) is 0 Å². The van der Waals surface area contributed by atoms with Crippen LogP contribution in [0.1, 0.15) is 32.1 Å². The number of aromatic amines is 1. The molecular weight excluding hydrogens is 242 g/mol. The summed E-state index contributed by atoms with van der Waals surface area (Å²) in [5.41, 5.74) is 1.05. The van der Waals surface area contributed by atoms with Gasteiger partial charge in [-0.25, -0.2) is 4.98 Å². The summed E-state index contributed by atoms with van der Waals surface area (Å²) in [6.45, 7) is 0. The molecule has 0 bridgehead atoms. The van der Waals surface area contributed by atoms with Crippen molar-refractivity contribution in [3.8, 4) is 0 Å². The van der Waals surface area contributed by atoms with E-state index in [9.17, 15) is 0 Å². The van der Waals surface area contributed by atoms with Crippen LogP contribution in [0, 0.1) is 4.77 Å². The molecule has 4 heteroatoms. The van der Waals surface area contributed by atoms with Gasteiger partial charge < -0.3 is 10.3 Å². The van der Waals surface area contributed by atoms with Crippen molar-refractivity contribution in [3.05, 3.63) is 29.0 Å². The van der Waals surface area contributed by atoms with Crippen LogP contribution in [-0.2, 0) is 0 Å². The molecule has 1 aromatic heterocycles. The summed E-state index contributed by atoms with van der Waals surface area (Å²) in [4.78, 5) is 7.57. The van der Waals surface area contributed by atoms with E-state index in [1.807, 2.05) is 18.2 Å². The Balaban J connectivity index is 1.97. The Morgan fingerprint density at radius 2 is 1.94 bits per heavy atom. The van der Waals surface area contributed by atoms with Crippen molar-refractivity contribution in [3.63, 3.8) is 0 Å². The predicted molar refractivity (Wildman–Crippen MR) is 77.4 cm³/mol. The van der Waals surface area contributed by atoms with Crippen molar-refractivity contribution in [2.75, 3.05) is 5.32 Å². The Labute approximate surface area is 112 Å². The minimum Gasteiger partial charge on any atom is -0.367 e. The third kappa shape index (κ3) is 2.38. The number of rotatable bonds is 2. The Morgan fingerprint density at radius 3 is 2.78 bits per heavy atom. The highest BCUT2D eigenvalue weighted by atomic mass is 32.1. The summed E-state index contributed by atoms with van der Waals surface area (Å²) in [7, 11) is 0. The van der Waals surface area contributed by atoms with Crippen LogP contribution in [0.5, 0.6) is 0 Å². The molecular formula is C14H17N3S. The van der Waals surface area contributed by atoms with Crippen molar-refractivity contribution < 1.29 is 0 Å². The van der Waals surface area contributed by atoms with Gasteiger partial charge in [-0.1, -0.05) is 31.4 Å². The van der Waals surface area contributed by atoms with E-state index in [-0.39, 0.29) is 0 Å². The van der Waals surface area contributed by atoms with Crippen molar-refractivity contribution in [2.45, 2.75) is 38.1 Å². The molecule has 2 aromatic rings. The van der Waals surface area contributed by atoms with Crippen molar-refractivity contribution >= 4 is 28.9 Å². The fraction of sp³-hybridized carbons (Fsp3) is 0.429. The molecule has 0 radical (unpaired) electrons. The van der Waals surface area contributed by atoms with Crippen LogP contribution in [0.2, 0.25) is 0 Å². The van der Waals surface area contributed by atoms with Gasteiger partial charge in [0, 0.05) is 11.4 Å². The van der Waals surface area contributed by atoms with Crippen LogP contribution in [0.25, 0.3) is 10.9 Å². The summed E-state index contributed by atoms with van der Waals surface area (Å²) in [6, 6.07) is 8.72. The summed E-state index contributed by atoms with van der Waals surface area (Å²) in [6.07, 6.45) is 6.47. The second-order valence-corrected chi connectivity index (χ2v) is 5.30. The third-order valence-electron chi connectivity index (χ3n) is 3.58. The topological polar surface area (TPSA) is 40.7 Å². The van der Waals surface area contributed by atoms with E-state index in [0.717, 1.165) is 16.7 Å². The number of benzene rings is 1. The monoisotopic (exact) mass is 259 g/mol. The summed E-state index contributed by atoms with van der Waals surface area (Å²) in [5, 5.41) is 4.69. The Morgan fingerprint density at radius 1 is 1.17 bits per heavy atom. The number of aromatic nitrogens is 2. The smallest absolute Gasteiger partial charge is 0.199 e. The maximum Gasteiger partial charge on any atom is 0.199 e. The number of H-pyrrole nitrogens is 1. The molecule has 1 aliphatic carbocycles. The van der Waals surface area contributed by atoms with Crippen LogP contribution in [0.15, 0.2) is 24.3 Å². The number of nitrogens with one attached hydrogen (secondary N) is 2. The first-order valence-electron chi connectivity index (χ1n) is 6.58. The minimum atomic E-state index is 0.548. The Hall–Kier alpha value is -1.42. The lowest BCUT2D eigenvalue weighted by molar-refractivity contribution is 0.462. The molecule has 3 nitrogen and oxygen atoms in total. The summed E-state index contributed by atoms with van der Waals surface area (Å²) in [5.74, 6) is 0.932. The molecule has 18 heavy (non-hydrogen) atoms. The standard InChI is InChI=1S/C14H17N3S/c18-14-16-12-9-5-4-8-11(12)13(17-14)15-10-6-2-1-3-7-10/h4-5,8-10H,1-3,6-7H2,(H2,15,16,17,18). The predicted octanol–water partition coefficient (Wildman–Crippen LogP) is 4.04. The summed E-state index contributed by atoms with van der Waals surface area (Å²) >= 11 is 5.19. The van der Waals surface area contributed by atoms with Crippen LogP contribution < -0.4 is 5.32 Å². The van der Waals surface area contributed by atoms with Gasteiger partial charge in [0.2, 0.25) is 0 Å². The molecule has 2 N–H and O–H groups in total. The van der Waals surface area contributed by atoms with E-state index in [0.29, 0.717) is 10.8 Å². The van der Waals surface area contributed by atoms with E-state index < -0.39 is 0 Å². The highest BCUT2D eigenvalue weighted by Gasteiger charge is 2.14. The molecule has 0 aliphatic heterocycles. The fourth-order valence-corrected chi connectivity index (χ4v) is 2.86. The zero-order chi connectivity index (χ0) is 12.4. The molecule has 1 aliphatic rings. The molecule has 1 saturated carbocycles. The molecule has 1 aromatic carbocycles. The first-order chi connectivity index (χ1) is 8.83. The van der Waals surface area contributed by atoms with Gasteiger partial charge in [0.15, 0.2) is 4.77 Å². The van der Waals surface area contributed by atoms with E-state index in [1.54, 1.807) is 0 Å². The number of nitrogens with zero attached hydrogens (tertiary/aromatic N) is 1. The lowest BCUT2D eigenvalue weighted by atomic mass is 9.95. The van der Waals surface area contributed by atoms with Crippen LogP contribution >= 0.6 is 12.2 Å². The molecule has 0 atom stereocenters. The second-order valence-electron chi connectivity index (χ2n) is 4.92. The maximum absolute atomic E-state index is 5.19. The lowest BCUT2D eigenvalue weighted by Gasteiger charge is -2.23. The third-order valence-corrected chi connectivity index (χ3v) is 3.78. The normalized spacial score (nSPS) is 16.9. The highest BCUT2D eigenvalue weighted by molar-refractivity contribution is 7.71. The highest BCUT2D eigenvalue weighted by Crippen LogP contribution is 2.24. The van der Waals surface area contributed by atoms with Gasteiger partial charge in [-0.3, -0.25) is 0 Å². The largest absolute Gasteiger partial charge is 0.367 e. The number of fused-ring (bicyclic) bond motifs is 1. The van der Waals surface area contributed by atoms with Gasteiger partial charge in [-0.05, 0) is 37.2 Å². The lowest BCUT2D eigenvalue weighted by Crippen LogP contribution is -2.23. The Kier molecular flexibility index (Phi) is 3.28. The van der Waals surface area contributed by atoms with Crippen LogP contribution in [0.4, 0.5) is 5.82 Å². The van der Waals surface area contributed by atoms with Gasteiger partial charge in [-0.15, -0.1) is 0 Å². The SMILES string of the molecule is S=c1nc(NC2CCCCC2)c2ccccc2[nH]1. The van der Waals surface area contributed by atoms with Crippen LogP contribution in [-0.4, -0.2) is 16.0 Å². The molecule has 0 spiro atoms. The van der Waals surface area contributed by atoms with Crippen molar-refractivity contribution in [1.29, 1.82) is 0 Å². The number of hydrogen-bond acceptors (Lipinski definition) is 3.